The Labute approximate surface area is 85.7 Å². The molecule has 0 unspecified atom stereocenters. The number of anilines is 1. The van der Waals surface area contributed by atoms with Crippen molar-refractivity contribution < 1.29 is 13.2 Å². The Kier molecular flexibility index (Phi) is 2.88. The van der Waals surface area contributed by atoms with Crippen LogP contribution in [0.15, 0.2) is 12.4 Å². The molecular formula is C9H12F3N3. The molecule has 0 bridgehead atoms. The fraction of sp³-hybridized carbons (Fsp3) is 0.556. The molecule has 0 saturated carbocycles. The van der Waals surface area contributed by atoms with Gasteiger partial charge in [-0.2, -0.15) is 13.2 Å². The summed E-state index contributed by atoms with van der Waals surface area (Å²) in [7, 11) is 0. The molecule has 6 heteroatoms. The van der Waals surface area contributed by atoms with Crippen molar-refractivity contribution in [1.82, 2.24) is 9.97 Å². The molecule has 0 aliphatic heterocycles. The van der Waals surface area contributed by atoms with Gasteiger partial charge in [-0.3, -0.25) is 0 Å². The number of hydrogen-bond acceptors (Lipinski definition) is 3. The van der Waals surface area contributed by atoms with Crippen LogP contribution < -0.4 is 5.32 Å². The van der Waals surface area contributed by atoms with Gasteiger partial charge >= 0.3 is 6.18 Å². The fourth-order valence-electron chi connectivity index (χ4n) is 0.923. The van der Waals surface area contributed by atoms with Crippen LogP contribution in [0.4, 0.5) is 19.0 Å². The van der Waals surface area contributed by atoms with Crippen molar-refractivity contribution >= 4 is 5.82 Å². The molecule has 1 aromatic heterocycles. The lowest BCUT2D eigenvalue weighted by Crippen LogP contribution is -2.27. The number of halogens is 3. The first-order valence-corrected chi connectivity index (χ1v) is 4.36. The largest absolute Gasteiger partial charge is 0.434 e. The normalized spacial score (nSPS) is 12.7. The number of rotatable bonds is 1. The highest BCUT2D eigenvalue weighted by Crippen LogP contribution is 2.27. The van der Waals surface area contributed by atoms with E-state index < -0.39 is 11.9 Å². The maximum atomic E-state index is 12.1. The topological polar surface area (TPSA) is 37.8 Å². The number of nitrogens with one attached hydrogen (secondary N) is 1. The quantitative estimate of drug-likeness (QED) is 0.789. The summed E-state index contributed by atoms with van der Waals surface area (Å²) in [6, 6.07) is 0. The first-order chi connectivity index (χ1) is 6.68. The van der Waals surface area contributed by atoms with Crippen molar-refractivity contribution in [2.45, 2.75) is 32.5 Å². The van der Waals surface area contributed by atoms with Crippen LogP contribution in [0.25, 0.3) is 0 Å². The van der Waals surface area contributed by atoms with Crippen LogP contribution in [0, 0.1) is 0 Å². The summed E-state index contributed by atoms with van der Waals surface area (Å²) < 4.78 is 36.4. The molecule has 0 fully saturated rings. The lowest BCUT2D eigenvalue weighted by molar-refractivity contribution is -0.141. The van der Waals surface area contributed by atoms with Crippen LogP contribution in [-0.4, -0.2) is 15.5 Å². The third-order valence-corrected chi connectivity index (χ3v) is 1.45. The van der Waals surface area contributed by atoms with E-state index in [-0.39, 0.29) is 5.54 Å². The molecule has 0 radical (unpaired) electrons. The minimum absolute atomic E-state index is 0.256. The second kappa shape index (κ2) is 3.67. The molecule has 0 aliphatic carbocycles. The van der Waals surface area contributed by atoms with Crippen LogP contribution in [0.2, 0.25) is 0 Å². The predicted molar refractivity (Wildman–Crippen MR) is 50.4 cm³/mol. The van der Waals surface area contributed by atoms with Crippen molar-refractivity contribution in [2.75, 3.05) is 5.32 Å². The fourth-order valence-corrected chi connectivity index (χ4v) is 0.923. The highest BCUT2D eigenvalue weighted by molar-refractivity contribution is 5.34. The van der Waals surface area contributed by atoms with E-state index in [1.807, 2.05) is 20.8 Å². The third-order valence-electron chi connectivity index (χ3n) is 1.45. The van der Waals surface area contributed by atoms with Gasteiger partial charge in [-0.15, -0.1) is 0 Å². The van der Waals surface area contributed by atoms with E-state index in [0.29, 0.717) is 12.0 Å². The molecule has 1 N–H and O–H groups in total. The van der Waals surface area contributed by atoms with Gasteiger partial charge in [0.1, 0.15) is 5.82 Å². The zero-order valence-corrected chi connectivity index (χ0v) is 8.68. The Morgan fingerprint density at radius 3 is 2.00 bits per heavy atom. The number of hydrogen-bond donors (Lipinski definition) is 1. The maximum Gasteiger partial charge on any atom is 0.434 e. The zero-order chi connectivity index (χ0) is 11.7. The molecule has 1 rings (SSSR count). The molecule has 0 saturated heterocycles. The molecule has 0 aromatic carbocycles. The smallest absolute Gasteiger partial charge is 0.364 e. The molecule has 1 heterocycles. The molecule has 0 spiro atoms. The van der Waals surface area contributed by atoms with E-state index in [4.69, 9.17) is 0 Å². The first kappa shape index (κ1) is 11.7. The Bertz CT molecular complexity index is 324. The average Bonchev–Trinajstić information content (AvgIpc) is 2.00. The van der Waals surface area contributed by atoms with Gasteiger partial charge in [0, 0.05) is 5.54 Å². The van der Waals surface area contributed by atoms with Gasteiger partial charge in [0.15, 0.2) is 5.69 Å². The average molecular weight is 219 g/mol. The molecule has 15 heavy (non-hydrogen) atoms. The summed E-state index contributed by atoms with van der Waals surface area (Å²) in [5, 5.41) is 2.92. The van der Waals surface area contributed by atoms with E-state index in [0.717, 1.165) is 6.20 Å². The van der Waals surface area contributed by atoms with Crippen molar-refractivity contribution in [3.63, 3.8) is 0 Å². The van der Waals surface area contributed by atoms with Crippen LogP contribution in [0.1, 0.15) is 26.5 Å². The number of aromatic nitrogens is 2. The highest BCUT2D eigenvalue weighted by atomic mass is 19.4. The zero-order valence-electron chi connectivity index (χ0n) is 8.68. The summed E-state index contributed by atoms with van der Waals surface area (Å²) in [6.45, 7) is 5.64. The molecule has 84 valence electrons. The second-order valence-corrected chi connectivity index (χ2v) is 4.16. The predicted octanol–water partition coefficient (Wildman–Crippen LogP) is 2.71. The minimum atomic E-state index is -4.44. The van der Waals surface area contributed by atoms with E-state index in [1.165, 1.54) is 0 Å². The van der Waals surface area contributed by atoms with E-state index >= 15 is 0 Å². The van der Waals surface area contributed by atoms with Crippen molar-refractivity contribution in [3.05, 3.63) is 18.1 Å². The van der Waals surface area contributed by atoms with Crippen molar-refractivity contribution in [1.29, 1.82) is 0 Å². The Hall–Kier alpha value is -1.33. The standard InChI is InChI=1S/C9H12F3N3/c1-8(2,3)15-7-5-13-6(4-14-7)9(10,11)12/h4-5H,1-3H3,(H,14,15). The Balaban J connectivity index is 2.82. The SMILES string of the molecule is CC(C)(C)Nc1cnc(C(F)(F)F)cn1. The lowest BCUT2D eigenvalue weighted by Gasteiger charge is -2.20. The second-order valence-electron chi connectivity index (χ2n) is 4.16. The van der Waals surface area contributed by atoms with Crippen molar-refractivity contribution in [3.8, 4) is 0 Å². The van der Waals surface area contributed by atoms with E-state index in [1.54, 1.807) is 0 Å². The molecular weight excluding hydrogens is 207 g/mol. The van der Waals surface area contributed by atoms with Crippen LogP contribution in [-0.2, 0) is 6.18 Å². The van der Waals surface area contributed by atoms with E-state index in [9.17, 15) is 13.2 Å². The van der Waals surface area contributed by atoms with Gasteiger partial charge in [0.05, 0.1) is 12.4 Å². The van der Waals surface area contributed by atoms with Gasteiger partial charge in [-0.25, -0.2) is 9.97 Å². The third kappa shape index (κ3) is 3.73. The summed E-state index contributed by atoms with van der Waals surface area (Å²) in [5.74, 6) is 0.329. The van der Waals surface area contributed by atoms with Gasteiger partial charge in [0.25, 0.3) is 0 Å². The van der Waals surface area contributed by atoms with Gasteiger partial charge in [-0.1, -0.05) is 0 Å². The van der Waals surface area contributed by atoms with Gasteiger partial charge < -0.3 is 5.32 Å². The highest BCUT2D eigenvalue weighted by Gasteiger charge is 2.32. The van der Waals surface area contributed by atoms with Crippen molar-refractivity contribution in [2.24, 2.45) is 0 Å². The number of nitrogens with zero attached hydrogens (tertiary/aromatic N) is 2. The lowest BCUT2D eigenvalue weighted by atomic mass is 10.1. The molecule has 0 aliphatic rings. The Morgan fingerprint density at radius 1 is 1.07 bits per heavy atom. The van der Waals surface area contributed by atoms with E-state index in [2.05, 4.69) is 15.3 Å². The summed E-state index contributed by atoms with van der Waals surface area (Å²) >= 11 is 0. The Morgan fingerprint density at radius 2 is 1.67 bits per heavy atom. The minimum Gasteiger partial charge on any atom is -0.364 e. The molecule has 0 atom stereocenters. The summed E-state index contributed by atoms with van der Waals surface area (Å²) in [5.41, 5.74) is -1.24. The summed E-state index contributed by atoms with van der Waals surface area (Å²) in [4.78, 5) is 6.92. The van der Waals surface area contributed by atoms with Gasteiger partial charge in [-0.05, 0) is 20.8 Å². The molecule has 3 nitrogen and oxygen atoms in total. The summed E-state index contributed by atoms with van der Waals surface area (Å²) in [6.07, 6.45) is -2.64. The first-order valence-electron chi connectivity index (χ1n) is 4.36. The monoisotopic (exact) mass is 219 g/mol. The molecule has 1 aromatic rings. The maximum absolute atomic E-state index is 12.1. The van der Waals surface area contributed by atoms with Crippen LogP contribution in [0.5, 0.6) is 0 Å². The number of alkyl halides is 3. The van der Waals surface area contributed by atoms with Crippen LogP contribution in [0.3, 0.4) is 0 Å². The van der Waals surface area contributed by atoms with Gasteiger partial charge in [0.2, 0.25) is 0 Å². The van der Waals surface area contributed by atoms with Crippen LogP contribution >= 0.6 is 0 Å². The molecule has 0 amide bonds.